The Balaban J connectivity index is 2.29. The first-order valence-electron chi connectivity index (χ1n) is 8.91. The highest BCUT2D eigenvalue weighted by atomic mass is 19.4. The zero-order valence-electron chi connectivity index (χ0n) is 16.4. The Labute approximate surface area is 169 Å². The first-order chi connectivity index (χ1) is 14.1. The second kappa shape index (κ2) is 8.05. The number of amides is 1. The van der Waals surface area contributed by atoms with Gasteiger partial charge in [0, 0.05) is 43.9 Å². The van der Waals surface area contributed by atoms with Gasteiger partial charge in [-0.05, 0) is 30.2 Å². The summed E-state index contributed by atoms with van der Waals surface area (Å²) in [5, 5.41) is 6.58. The molecular weight excluding hydrogens is 399 g/mol. The molecule has 1 N–H and O–H groups in total. The van der Waals surface area contributed by atoms with E-state index in [9.17, 15) is 22.8 Å². The molecule has 3 rings (SSSR count). The van der Waals surface area contributed by atoms with Crippen LogP contribution in [0.4, 0.5) is 19.1 Å². The molecule has 10 heteroatoms. The molecule has 1 aromatic carbocycles. The molecule has 0 aliphatic carbocycles. The van der Waals surface area contributed by atoms with Crippen molar-refractivity contribution in [3.05, 3.63) is 47.2 Å². The number of ketones is 1. The summed E-state index contributed by atoms with van der Waals surface area (Å²) >= 11 is 0. The van der Waals surface area contributed by atoms with Gasteiger partial charge >= 0.3 is 6.18 Å². The van der Waals surface area contributed by atoms with Gasteiger partial charge in [-0.1, -0.05) is 12.1 Å². The number of nitrogens with one attached hydrogen (secondary N) is 1. The summed E-state index contributed by atoms with van der Waals surface area (Å²) in [4.78, 5) is 32.1. The van der Waals surface area contributed by atoms with E-state index in [1.165, 1.54) is 43.0 Å². The minimum Gasteiger partial charge on any atom is -0.300 e. The number of nitrogens with zero attached hydrogens (tertiary/aromatic N) is 4. The SMILES string of the molecule is CN=CCC(=O)c1cn2nc(NC(C)=O)nc2c(-c2cccc(C(F)(F)F)c2)c1C. The minimum absolute atomic E-state index is 0.0187. The number of hydrogen-bond donors (Lipinski definition) is 1. The van der Waals surface area contributed by atoms with E-state index in [1.807, 2.05) is 0 Å². The first kappa shape index (κ1) is 21.2. The average Bonchev–Trinajstić information content (AvgIpc) is 3.06. The standard InChI is InChI=1S/C20H18F3N5O2/c1-11-15(16(30)7-8-24-3)10-28-18(26-19(27-28)25-12(2)29)17(11)13-5-4-6-14(9-13)20(21,22)23/h4-6,8-10H,7H2,1-3H3,(H,25,27,29). The molecule has 3 aromatic rings. The van der Waals surface area contributed by atoms with E-state index >= 15 is 0 Å². The number of aliphatic imine (C=N–C) groups is 1. The Morgan fingerprint density at radius 1 is 1.30 bits per heavy atom. The molecule has 7 nitrogen and oxygen atoms in total. The van der Waals surface area contributed by atoms with Gasteiger partial charge in [-0.3, -0.25) is 14.9 Å². The molecule has 2 heterocycles. The van der Waals surface area contributed by atoms with Crippen molar-refractivity contribution in [3.8, 4) is 11.1 Å². The van der Waals surface area contributed by atoms with Gasteiger partial charge in [-0.2, -0.15) is 18.2 Å². The number of benzene rings is 1. The van der Waals surface area contributed by atoms with E-state index in [1.54, 1.807) is 6.92 Å². The maximum atomic E-state index is 13.2. The molecule has 30 heavy (non-hydrogen) atoms. The number of alkyl halides is 3. The summed E-state index contributed by atoms with van der Waals surface area (Å²) in [7, 11) is 1.54. The summed E-state index contributed by atoms with van der Waals surface area (Å²) in [5.74, 6) is -0.696. The fourth-order valence-corrected chi connectivity index (χ4v) is 3.08. The Morgan fingerprint density at radius 2 is 2.03 bits per heavy atom. The Morgan fingerprint density at radius 3 is 2.67 bits per heavy atom. The molecule has 2 aromatic heterocycles. The third kappa shape index (κ3) is 4.22. The first-order valence-corrected chi connectivity index (χ1v) is 8.91. The number of Topliss-reactive ketones (excluding diaryl/α,β-unsaturated/α-hetero) is 1. The second-order valence-electron chi connectivity index (χ2n) is 6.57. The molecule has 0 aliphatic heterocycles. The molecule has 0 unspecified atom stereocenters. The number of halogens is 3. The number of anilines is 1. The van der Waals surface area contributed by atoms with Crippen LogP contribution in [0.2, 0.25) is 0 Å². The maximum Gasteiger partial charge on any atom is 0.416 e. The minimum atomic E-state index is -4.53. The Bertz CT molecular complexity index is 1170. The van der Waals surface area contributed by atoms with Crippen LogP contribution in [-0.4, -0.2) is 39.6 Å². The molecule has 1 amide bonds. The number of fused-ring (bicyclic) bond motifs is 1. The van der Waals surface area contributed by atoms with Crippen molar-refractivity contribution in [3.63, 3.8) is 0 Å². The number of carbonyl (C=O) groups is 2. The van der Waals surface area contributed by atoms with Crippen molar-refractivity contribution < 1.29 is 22.8 Å². The van der Waals surface area contributed by atoms with Gasteiger partial charge in [0.1, 0.15) is 0 Å². The predicted octanol–water partition coefficient (Wildman–Crippen LogP) is 3.96. The summed E-state index contributed by atoms with van der Waals surface area (Å²) < 4.78 is 41.0. The fraction of sp³-hybridized carbons (Fsp3) is 0.250. The van der Waals surface area contributed by atoms with Gasteiger partial charge in [0.25, 0.3) is 0 Å². The van der Waals surface area contributed by atoms with Crippen LogP contribution in [0.3, 0.4) is 0 Å². The van der Waals surface area contributed by atoms with Gasteiger partial charge in [0.2, 0.25) is 11.9 Å². The quantitative estimate of drug-likeness (QED) is 0.503. The summed E-state index contributed by atoms with van der Waals surface area (Å²) in [6, 6.07) is 4.76. The lowest BCUT2D eigenvalue weighted by Crippen LogP contribution is -2.08. The molecule has 0 saturated heterocycles. The lowest BCUT2D eigenvalue weighted by Gasteiger charge is -2.14. The van der Waals surface area contributed by atoms with Crippen molar-refractivity contribution in [2.24, 2.45) is 4.99 Å². The summed E-state index contributed by atoms with van der Waals surface area (Å²) in [5.41, 5.74) is 0.676. The lowest BCUT2D eigenvalue weighted by atomic mass is 9.95. The number of pyridine rings is 1. The summed E-state index contributed by atoms with van der Waals surface area (Å²) in [6.45, 7) is 2.92. The molecule has 0 bridgehead atoms. The van der Waals surface area contributed by atoms with Crippen LogP contribution in [0, 0.1) is 6.92 Å². The van der Waals surface area contributed by atoms with E-state index < -0.39 is 17.6 Å². The van der Waals surface area contributed by atoms with Crippen LogP contribution < -0.4 is 5.32 Å². The molecular formula is C20H18F3N5O2. The monoisotopic (exact) mass is 417 g/mol. The number of rotatable bonds is 5. The van der Waals surface area contributed by atoms with Crippen molar-refractivity contribution in [2.75, 3.05) is 12.4 Å². The summed E-state index contributed by atoms with van der Waals surface area (Å²) in [6.07, 6.45) is -1.61. The highest BCUT2D eigenvalue weighted by molar-refractivity contribution is 6.06. The predicted molar refractivity (Wildman–Crippen MR) is 106 cm³/mol. The van der Waals surface area contributed by atoms with Crippen LogP contribution in [0.25, 0.3) is 16.8 Å². The van der Waals surface area contributed by atoms with E-state index in [2.05, 4.69) is 20.4 Å². The lowest BCUT2D eigenvalue weighted by molar-refractivity contribution is -0.137. The highest BCUT2D eigenvalue weighted by Gasteiger charge is 2.31. The second-order valence-corrected chi connectivity index (χ2v) is 6.57. The topological polar surface area (TPSA) is 88.7 Å². The van der Waals surface area contributed by atoms with Crippen LogP contribution in [-0.2, 0) is 11.0 Å². The Kier molecular flexibility index (Phi) is 5.68. The van der Waals surface area contributed by atoms with Crippen molar-refractivity contribution in [2.45, 2.75) is 26.4 Å². The van der Waals surface area contributed by atoms with E-state index in [-0.39, 0.29) is 34.9 Å². The van der Waals surface area contributed by atoms with Crippen molar-refractivity contribution >= 4 is 29.5 Å². The zero-order chi connectivity index (χ0) is 22.1. The van der Waals surface area contributed by atoms with Crippen LogP contribution in [0.1, 0.15) is 34.8 Å². The fourth-order valence-electron chi connectivity index (χ4n) is 3.08. The van der Waals surface area contributed by atoms with Gasteiger partial charge < -0.3 is 4.99 Å². The van der Waals surface area contributed by atoms with Crippen LogP contribution >= 0.6 is 0 Å². The molecule has 0 radical (unpaired) electrons. The number of carbonyl (C=O) groups excluding carboxylic acids is 2. The third-order valence-corrected chi connectivity index (χ3v) is 4.41. The smallest absolute Gasteiger partial charge is 0.300 e. The molecule has 0 aliphatic rings. The van der Waals surface area contributed by atoms with E-state index in [0.29, 0.717) is 11.1 Å². The maximum absolute atomic E-state index is 13.2. The Hall–Kier alpha value is -3.56. The average molecular weight is 417 g/mol. The molecule has 156 valence electrons. The highest BCUT2D eigenvalue weighted by Crippen LogP contribution is 2.35. The van der Waals surface area contributed by atoms with Gasteiger partial charge in [0.15, 0.2) is 11.4 Å². The van der Waals surface area contributed by atoms with Crippen LogP contribution in [0.15, 0.2) is 35.5 Å². The van der Waals surface area contributed by atoms with Gasteiger partial charge in [-0.15, -0.1) is 5.10 Å². The van der Waals surface area contributed by atoms with Crippen molar-refractivity contribution in [1.29, 1.82) is 0 Å². The van der Waals surface area contributed by atoms with E-state index in [0.717, 1.165) is 12.1 Å². The number of hydrogen-bond acceptors (Lipinski definition) is 5. The molecule has 0 atom stereocenters. The largest absolute Gasteiger partial charge is 0.416 e. The molecule has 0 spiro atoms. The van der Waals surface area contributed by atoms with Gasteiger partial charge in [0.05, 0.1) is 5.56 Å². The van der Waals surface area contributed by atoms with E-state index in [4.69, 9.17) is 0 Å². The third-order valence-electron chi connectivity index (χ3n) is 4.41. The van der Waals surface area contributed by atoms with Gasteiger partial charge in [-0.25, -0.2) is 4.52 Å². The zero-order valence-corrected chi connectivity index (χ0v) is 16.4. The van der Waals surface area contributed by atoms with Crippen LogP contribution in [0.5, 0.6) is 0 Å². The number of aromatic nitrogens is 3. The molecule has 0 fully saturated rings. The molecule has 0 saturated carbocycles. The normalized spacial score (nSPS) is 11.9. The van der Waals surface area contributed by atoms with Crippen molar-refractivity contribution in [1.82, 2.24) is 14.6 Å².